The number of aliphatic hydroxyl groups excluding tert-OH is 1. The van der Waals surface area contributed by atoms with Crippen molar-refractivity contribution in [2.45, 2.75) is 31.4 Å². The van der Waals surface area contributed by atoms with E-state index in [0.29, 0.717) is 23.2 Å². The van der Waals surface area contributed by atoms with Crippen LogP contribution in [0.1, 0.15) is 24.6 Å². The van der Waals surface area contributed by atoms with Crippen LogP contribution in [0.25, 0.3) is 11.0 Å². The van der Waals surface area contributed by atoms with Crippen LogP contribution in [0.3, 0.4) is 0 Å². The highest BCUT2D eigenvalue weighted by Crippen LogP contribution is 2.40. The Kier molecular flexibility index (Phi) is 5.52. The molecule has 3 aromatic rings. The Balaban J connectivity index is 0.00000182. The van der Waals surface area contributed by atoms with Crippen molar-refractivity contribution in [3.8, 4) is 5.75 Å². The van der Waals surface area contributed by atoms with Crippen LogP contribution in [-0.2, 0) is 6.54 Å². The number of aromatic nitrogens is 2. The summed E-state index contributed by atoms with van der Waals surface area (Å²) in [5.41, 5.74) is 2.06. The van der Waals surface area contributed by atoms with Crippen molar-refractivity contribution in [1.82, 2.24) is 9.55 Å². The summed E-state index contributed by atoms with van der Waals surface area (Å²) in [4.78, 5) is 4.75. The maximum Gasteiger partial charge on any atom is 0.119 e. The molecule has 1 saturated carbocycles. The van der Waals surface area contributed by atoms with E-state index in [-0.39, 0.29) is 19.0 Å². The zero-order chi connectivity index (χ0) is 16.5. The van der Waals surface area contributed by atoms with Gasteiger partial charge in [-0.3, -0.25) is 0 Å². The van der Waals surface area contributed by atoms with E-state index in [4.69, 9.17) is 21.3 Å². The second kappa shape index (κ2) is 7.65. The predicted molar refractivity (Wildman–Crippen MR) is 102 cm³/mol. The number of hydrogen-bond donors (Lipinski definition) is 1. The minimum Gasteiger partial charge on any atom is -0.491 e. The van der Waals surface area contributed by atoms with Gasteiger partial charge in [0.05, 0.1) is 17.6 Å². The molecule has 0 radical (unpaired) electrons. The number of benzene rings is 2. The summed E-state index contributed by atoms with van der Waals surface area (Å²) in [6.07, 6.45) is 1.76. The van der Waals surface area contributed by atoms with Crippen LogP contribution in [0.2, 0.25) is 5.02 Å². The van der Waals surface area contributed by atoms with Gasteiger partial charge in [0.25, 0.3) is 0 Å². The van der Waals surface area contributed by atoms with Crippen molar-refractivity contribution in [3.63, 3.8) is 0 Å². The quantitative estimate of drug-likeness (QED) is 0.689. The molecule has 0 bridgehead atoms. The minimum atomic E-state index is -0.601. The number of halogens is 2. The second-order valence-corrected chi connectivity index (χ2v) is 6.70. The first-order chi connectivity index (χ1) is 11.7. The van der Waals surface area contributed by atoms with Gasteiger partial charge in [0.1, 0.15) is 24.3 Å². The van der Waals surface area contributed by atoms with Crippen LogP contribution in [-0.4, -0.2) is 27.4 Å². The summed E-state index contributed by atoms with van der Waals surface area (Å²) < 4.78 is 7.80. The predicted octanol–water partition coefficient (Wildman–Crippen LogP) is 4.43. The zero-order valence-corrected chi connectivity index (χ0v) is 15.2. The van der Waals surface area contributed by atoms with E-state index in [0.717, 1.165) is 16.9 Å². The Morgan fingerprint density at radius 3 is 2.60 bits per heavy atom. The molecule has 0 spiro atoms. The molecule has 132 valence electrons. The number of rotatable bonds is 6. The molecule has 4 rings (SSSR count). The highest BCUT2D eigenvalue weighted by atomic mass is 35.5. The monoisotopic (exact) mass is 378 g/mol. The fourth-order valence-corrected chi connectivity index (χ4v) is 3.05. The van der Waals surface area contributed by atoms with Gasteiger partial charge in [0, 0.05) is 10.9 Å². The van der Waals surface area contributed by atoms with Crippen LogP contribution >= 0.6 is 24.0 Å². The third-order valence-corrected chi connectivity index (χ3v) is 4.53. The van der Waals surface area contributed by atoms with Crippen LogP contribution in [0, 0.1) is 0 Å². The van der Waals surface area contributed by atoms with Gasteiger partial charge in [-0.1, -0.05) is 23.7 Å². The number of aliphatic hydroxyl groups is 1. The van der Waals surface area contributed by atoms with Crippen LogP contribution in [0.5, 0.6) is 5.75 Å². The number of hydrogen-bond acceptors (Lipinski definition) is 3. The van der Waals surface area contributed by atoms with Gasteiger partial charge in [-0.05, 0) is 49.2 Å². The molecule has 1 heterocycles. The lowest BCUT2D eigenvalue weighted by Gasteiger charge is -2.15. The maximum atomic E-state index is 10.4. The smallest absolute Gasteiger partial charge is 0.119 e. The van der Waals surface area contributed by atoms with Crippen molar-refractivity contribution in [2.24, 2.45) is 0 Å². The molecular weight excluding hydrogens is 359 g/mol. The molecule has 1 aliphatic rings. The maximum absolute atomic E-state index is 10.4. The highest BCUT2D eigenvalue weighted by Gasteiger charge is 2.30. The Morgan fingerprint density at radius 2 is 1.88 bits per heavy atom. The van der Waals surface area contributed by atoms with Gasteiger partial charge < -0.3 is 14.4 Å². The first-order valence-corrected chi connectivity index (χ1v) is 8.60. The topological polar surface area (TPSA) is 47.3 Å². The van der Waals surface area contributed by atoms with E-state index in [9.17, 15) is 5.11 Å². The number of imidazole rings is 1. The molecule has 1 atom stereocenters. The first-order valence-electron chi connectivity index (χ1n) is 8.22. The minimum absolute atomic E-state index is 0. The van der Waals surface area contributed by atoms with Crippen molar-refractivity contribution in [2.75, 3.05) is 6.61 Å². The van der Waals surface area contributed by atoms with Crippen molar-refractivity contribution >= 4 is 35.0 Å². The molecule has 0 saturated heterocycles. The van der Waals surface area contributed by atoms with Gasteiger partial charge in [-0.2, -0.15) is 0 Å². The lowest BCUT2D eigenvalue weighted by atomic mass is 10.3. The Bertz CT molecular complexity index is 844. The van der Waals surface area contributed by atoms with Gasteiger partial charge >= 0.3 is 0 Å². The van der Waals surface area contributed by atoms with Gasteiger partial charge in [-0.15, -0.1) is 12.4 Å². The molecule has 0 aliphatic heterocycles. The van der Waals surface area contributed by atoms with E-state index >= 15 is 0 Å². The molecule has 2 aromatic carbocycles. The number of fused-ring (bicyclic) bond motifs is 1. The summed E-state index contributed by atoms with van der Waals surface area (Å²) in [6.45, 7) is 0.720. The van der Waals surface area contributed by atoms with E-state index in [1.807, 2.05) is 18.2 Å². The fraction of sp³-hybridized carbons (Fsp3) is 0.316. The summed E-state index contributed by atoms with van der Waals surface area (Å²) in [6, 6.07) is 15.2. The van der Waals surface area contributed by atoms with Crippen molar-refractivity contribution in [1.29, 1.82) is 0 Å². The Labute approximate surface area is 157 Å². The molecule has 4 nitrogen and oxygen atoms in total. The second-order valence-electron chi connectivity index (χ2n) is 6.26. The fourth-order valence-electron chi connectivity index (χ4n) is 2.93. The lowest BCUT2D eigenvalue weighted by molar-refractivity contribution is 0.0927. The third kappa shape index (κ3) is 4.09. The molecule has 1 unspecified atom stereocenters. The molecule has 1 aliphatic carbocycles. The standard InChI is InChI=1S/C19H19ClN2O2.ClH/c20-14-7-9-16(10-8-14)24-12-15(23)11-22-18-4-2-1-3-17(18)21-19(22)13-5-6-13;/h1-4,7-10,13,15,23H,5-6,11-12H2;1H. The summed E-state index contributed by atoms with van der Waals surface area (Å²) in [5.74, 6) is 2.32. The number of para-hydroxylation sites is 2. The SMILES string of the molecule is Cl.OC(COc1ccc(Cl)cc1)Cn1c(C2CC2)nc2ccccc21. The number of ether oxygens (including phenoxy) is 1. The van der Waals surface area contributed by atoms with Gasteiger partial charge in [-0.25, -0.2) is 4.98 Å². The molecule has 1 fully saturated rings. The largest absolute Gasteiger partial charge is 0.491 e. The first kappa shape index (κ1) is 18.1. The summed E-state index contributed by atoms with van der Waals surface area (Å²) >= 11 is 5.86. The summed E-state index contributed by atoms with van der Waals surface area (Å²) in [7, 11) is 0. The van der Waals surface area contributed by atoms with Gasteiger partial charge in [0.15, 0.2) is 0 Å². The lowest BCUT2D eigenvalue weighted by Crippen LogP contribution is -2.24. The molecule has 6 heteroatoms. The molecule has 1 N–H and O–H groups in total. The molecule has 0 amide bonds. The average Bonchev–Trinajstić information content (AvgIpc) is 3.38. The Morgan fingerprint density at radius 1 is 1.16 bits per heavy atom. The normalized spacial score (nSPS) is 15.0. The van der Waals surface area contributed by atoms with Crippen LogP contribution in [0.15, 0.2) is 48.5 Å². The van der Waals surface area contributed by atoms with Crippen molar-refractivity contribution < 1.29 is 9.84 Å². The van der Waals surface area contributed by atoms with Gasteiger partial charge in [0.2, 0.25) is 0 Å². The average molecular weight is 379 g/mol. The number of nitrogens with zero attached hydrogens (tertiary/aromatic N) is 2. The molecule has 1 aromatic heterocycles. The molecule has 25 heavy (non-hydrogen) atoms. The van der Waals surface area contributed by atoms with E-state index in [1.165, 1.54) is 12.8 Å². The van der Waals surface area contributed by atoms with Crippen LogP contribution < -0.4 is 4.74 Å². The molecular formula is C19H20Cl2N2O2. The Hall–Kier alpha value is -1.75. The van der Waals surface area contributed by atoms with E-state index in [1.54, 1.807) is 24.3 Å². The zero-order valence-electron chi connectivity index (χ0n) is 13.6. The highest BCUT2D eigenvalue weighted by molar-refractivity contribution is 6.30. The van der Waals surface area contributed by atoms with Crippen molar-refractivity contribution in [3.05, 3.63) is 59.4 Å². The van der Waals surface area contributed by atoms with E-state index < -0.39 is 6.10 Å². The summed E-state index contributed by atoms with van der Waals surface area (Å²) in [5, 5.41) is 11.1. The third-order valence-electron chi connectivity index (χ3n) is 4.28. The van der Waals surface area contributed by atoms with Crippen LogP contribution in [0.4, 0.5) is 0 Å². The van der Waals surface area contributed by atoms with E-state index in [2.05, 4.69) is 10.6 Å².